The zero-order chi connectivity index (χ0) is 9.84. The van der Waals surface area contributed by atoms with Gasteiger partial charge in [-0.15, -0.1) is 0 Å². The molecule has 13 heavy (non-hydrogen) atoms. The van der Waals surface area contributed by atoms with E-state index in [1.165, 1.54) is 0 Å². The van der Waals surface area contributed by atoms with Crippen molar-refractivity contribution in [2.24, 2.45) is 5.84 Å². The summed E-state index contributed by atoms with van der Waals surface area (Å²) in [6.07, 6.45) is 0. The Bertz CT molecular complexity index is 317. The van der Waals surface area contributed by atoms with Gasteiger partial charge >= 0.3 is 0 Å². The lowest BCUT2D eigenvalue weighted by Gasteiger charge is -2.18. The molecule has 0 atom stereocenters. The smallest absolute Gasteiger partial charge is 0.0737 e. The minimum Gasteiger partial charge on any atom is -0.548 e. The van der Waals surface area contributed by atoms with Gasteiger partial charge in [-0.05, 0) is 40.8 Å². The molecule has 0 saturated carbocycles. The molecule has 0 radical (unpaired) electrons. The van der Waals surface area contributed by atoms with Gasteiger partial charge in [-0.2, -0.15) is 0 Å². The fraction of sp³-hybridized carbons (Fsp3) is 0.125. The molecular formula is C8H8IN2O2-. The van der Waals surface area contributed by atoms with Crippen molar-refractivity contribution in [1.29, 1.82) is 0 Å². The predicted molar refractivity (Wildman–Crippen MR) is 55.7 cm³/mol. The molecule has 0 amide bonds. The van der Waals surface area contributed by atoms with Crippen molar-refractivity contribution in [3.8, 4) is 0 Å². The van der Waals surface area contributed by atoms with Crippen LogP contribution in [-0.4, -0.2) is 12.5 Å². The lowest BCUT2D eigenvalue weighted by Crippen LogP contribution is -2.42. The van der Waals surface area contributed by atoms with Crippen LogP contribution in [0, 0.1) is 3.57 Å². The van der Waals surface area contributed by atoms with Crippen LogP contribution in [0.15, 0.2) is 24.3 Å². The maximum atomic E-state index is 10.2. The Labute approximate surface area is 89.4 Å². The number of carbonyl (C=O) groups is 1. The molecule has 0 heterocycles. The topological polar surface area (TPSA) is 69.4 Å². The lowest BCUT2D eigenvalue weighted by molar-refractivity contribution is -0.303. The molecule has 70 valence electrons. The van der Waals surface area contributed by atoms with Crippen LogP contribution in [0.1, 0.15) is 0 Å². The average molecular weight is 291 g/mol. The highest BCUT2D eigenvalue weighted by atomic mass is 127. The molecule has 0 aliphatic carbocycles. The summed E-state index contributed by atoms with van der Waals surface area (Å²) in [5.74, 6) is 4.28. The number of nitrogens with zero attached hydrogens (tertiary/aromatic N) is 1. The van der Waals surface area contributed by atoms with E-state index in [1.807, 2.05) is 12.1 Å². The first-order chi connectivity index (χ1) is 6.09. The van der Waals surface area contributed by atoms with Crippen LogP contribution in [0.2, 0.25) is 0 Å². The van der Waals surface area contributed by atoms with E-state index in [4.69, 9.17) is 5.84 Å². The van der Waals surface area contributed by atoms with Gasteiger partial charge in [0.1, 0.15) is 0 Å². The molecule has 1 rings (SSSR count). The molecule has 0 unspecified atom stereocenters. The summed E-state index contributed by atoms with van der Waals surface area (Å²) in [7, 11) is 0. The highest BCUT2D eigenvalue weighted by Crippen LogP contribution is 2.14. The summed E-state index contributed by atoms with van der Waals surface area (Å²) < 4.78 is 1.00. The van der Waals surface area contributed by atoms with Gasteiger partial charge in [0.15, 0.2) is 0 Å². The summed E-state index contributed by atoms with van der Waals surface area (Å²) >= 11 is 2.13. The molecule has 0 aliphatic rings. The molecule has 0 aromatic heterocycles. The summed E-state index contributed by atoms with van der Waals surface area (Å²) in [6, 6.07) is 7.25. The van der Waals surface area contributed by atoms with Crippen molar-refractivity contribution in [3.05, 3.63) is 27.8 Å². The van der Waals surface area contributed by atoms with E-state index in [-0.39, 0.29) is 6.54 Å². The van der Waals surface area contributed by atoms with Crippen LogP contribution in [0.5, 0.6) is 0 Å². The molecule has 0 saturated heterocycles. The van der Waals surface area contributed by atoms with Crippen LogP contribution < -0.4 is 16.0 Å². The number of aliphatic carboxylic acids is 1. The second-order valence-corrected chi connectivity index (χ2v) is 3.73. The molecule has 1 aromatic rings. The molecule has 2 N–H and O–H groups in total. The molecule has 0 aliphatic heterocycles. The standard InChI is InChI=1S/C8H9IN2O2/c9-6-2-1-3-7(4-6)11(10)5-8(12)13/h1-4H,5,10H2,(H,12,13)/p-1. The minimum absolute atomic E-state index is 0.305. The van der Waals surface area contributed by atoms with Gasteiger partial charge in [-0.1, -0.05) is 6.07 Å². The monoisotopic (exact) mass is 291 g/mol. The number of hydrogen-bond donors (Lipinski definition) is 1. The number of anilines is 1. The normalized spacial score (nSPS) is 9.69. The number of rotatable bonds is 3. The predicted octanol–water partition coefficient (Wildman–Crippen LogP) is -0.279. The number of nitrogens with two attached hydrogens (primary N) is 1. The first-order valence-corrected chi connectivity index (χ1v) is 4.65. The zero-order valence-electron chi connectivity index (χ0n) is 6.74. The van der Waals surface area contributed by atoms with E-state index >= 15 is 0 Å². The third kappa shape index (κ3) is 3.19. The number of carboxylic acids is 1. The van der Waals surface area contributed by atoms with Crippen molar-refractivity contribution >= 4 is 34.2 Å². The molecule has 0 fully saturated rings. The van der Waals surface area contributed by atoms with Gasteiger partial charge in [0.25, 0.3) is 0 Å². The number of hydrazine groups is 1. The van der Waals surface area contributed by atoms with Crippen LogP contribution in [0.25, 0.3) is 0 Å². The van der Waals surface area contributed by atoms with Crippen molar-refractivity contribution in [1.82, 2.24) is 0 Å². The van der Waals surface area contributed by atoms with E-state index in [0.717, 1.165) is 8.58 Å². The Balaban J connectivity index is 2.76. The lowest BCUT2D eigenvalue weighted by atomic mass is 10.3. The van der Waals surface area contributed by atoms with Crippen molar-refractivity contribution in [2.75, 3.05) is 11.6 Å². The maximum absolute atomic E-state index is 10.2. The van der Waals surface area contributed by atoms with Crippen LogP contribution >= 0.6 is 22.6 Å². The first kappa shape index (κ1) is 10.3. The zero-order valence-corrected chi connectivity index (χ0v) is 8.89. The molecular weight excluding hydrogens is 283 g/mol. The first-order valence-electron chi connectivity index (χ1n) is 3.57. The molecule has 5 heteroatoms. The number of carbonyl (C=O) groups excluding carboxylic acids is 1. The van der Waals surface area contributed by atoms with Gasteiger partial charge in [-0.25, -0.2) is 5.84 Å². The Morgan fingerprint density at radius 2 is 2.31 bits per heavy atom. The number of benzene rings is 1. The van der Waals surface area contributed by atoms with Gasteiger partial charge in [0.05, 0.1) is 18.2 Å². The third-order valence-electron chi connectivity index (χ3n) is 1.44. The van der Waals surface area contributed by atoms with Crippen molar-refractivity contribution in [2.45, 2.75) is 0 Å². The SMILES string of the molecule is NN(CC(=O)[O-])c1cccc(I)c1. The Morgan fingerprint density at radius 3 is 2.85 bits per heavy atom. The van der Waals surface area contributed by atoms with Gasteiger partial charge in [-0.3, -0.25) is 0 Å². The van der Waals surface area contributed by atoms with Crippen LogP contribution in [0.3, 0.4) is 0 Å². The van der Waals surface area contributed by atoms with E-state index in [0.29, 0.717) is 5.69 Å². The fourth-order valence-electron chi connectivity index (χ4n) is 0.885. The Morgan fingerprint density at radius 1 is 1.62 bits per heavy atom. The fourth-order valence-corrected chi connectivity index (χ4v) is 1.41. The number of hydrogen-bond acceptors (Lipinski definition) is 4. The second-order valence-electron chi connectivity index (χ2n) is 2.48. The summed E-state index contributed by atoms with van der Waals surface area (Å²) in [5, 5.41) is 11.4. The third-order valence-corrected chi connectivity index (χ3v) is 2.11. The van der Waals surface area contributed by atoms with Crippen LogP contribution in [-0.2, 0) is 4.79 Å². The average Bonchev–Trinajstić information content (AvgIpc) is 2.03. The summed E-state index contributed by atoms with van der Waals surface area (Å²) in [4.78, 5) is 10.2. The highest BCUT2D eigenvalue weighted by molar-refractivity contribution is 14.1. The van der Waals surface area contributed by atoms with E-state index < -0.39 is 5.97 Å². The molecule has 0 spiro atoms. The quantitative estimate of drug-likeness (QED) is 0.472. The van der Waals surface area contributed by atoms with Gasteiger partial charge in [0, 0.05) is 3.57 Å². The molecule has 0 bridgehead atoms. The largest absolute Gasteiger partial charge is 0.548 e. The van der Waals surface area contributed by atoms with Crippen molar-refractivity contribution < 1.29 is 9.90 Å². The van der Waals surface area contributed by atoms with E-state index in [1.54, 1.807) is 12.1 Å². The molecule has 4 nitrogen and oxygen atoms in total. The van der Waals surface area contributed by atoms with Crippen molar-refractivity contribution in [3.63, 3.8) is 0 Å². The Hall–Kier alpha value is -0.820. The van der Waals surface area contributed by atoms with Gasteiger partial charge in [0.2, 0.25) is 0 Å². The van der Waals surface area contributed by atoms with Gasteiger partial charge < -0.3 is 14.9 Å². The Kier molecular flexibility index (Phi) is 3.49. The van der Waals surface area contributed by atoms with Crippen LogP contribution in [0.4, 0.5) is 5.69 Å². The number of halogens is 1. The molecule has 1 aromatic carbocycles. The summed E-state index contributed by atoms with van der Waals surface area (Å²) in [6.45, 7) is -0.305. The van der Waals surface area contributed by atoms with E-state index in [2.05, 4.69) is 22.6 Å². The second kappa shape index (κ2) is 4.43. The number of carboxylic acid groups (broad SMARTS) is 1. The minimum atomic E-state index is -1.19. The summed E-state index contributed by atoms with van der Waals surface area (Å²) in [5.41, 5.74) is 0.663. The highest BCUT2D eigenvalue weighted by Gasteiger charge is 2.00. The maximum Gasteiger partial charge on any atom is 0.0737 e. The van der Waals surface area contributed by atoms with E-state index in [9.17, 15) is 9.90 Å².